The first-order valence-electron chi connectivity index (χ1n) is 5.95. The van der Waals surface area contributed by atoms with Crippen molar-refractivity contribution in [1.82, 2.24) is 19.5 Å². The van der Waals surface area contributed by atoms with Crippen molar-refractivity contribution >= 4 is 17.0 Å². The SMILES string of the molecule is C[C@]1(CO)O[C@@H](n2cnc3c(N)ncnc32)CC1O. The van der Waals surface area contributed by atoms with E-state index in [-0.39, 0.29) is 6.61 Å². The molecule has 4 N–H and O–H groups in total. The number of nitrogens with zero attached hydrogens (tertiary/aromatic N) is 4. The maximum Gasteiger partial charge on any atom is 0.167 e. The van der Waals surface area contributed by atoms with E-state index in [9.17, 15) is 10.2 Å². The zero-order valence-corrected chi connectivity index (χ0v) is 10.4. The van der Waals surface area contributed by atoms with Crippen LogP contribution in [0.1, 0.15) is 19.6 Å². The van der Waals surface area contributed by atoms with Gasteiger partial charge in [0, 0.05) is 6.42 Å². The van der Waals surface area contributed by atoms with Crippen LogP contribution in [0, 0.1) is 0 Å². The quantitative estimate of drug-likeness (QED) is 0.665. The number of aliphatic hydroxyl groups excluding tert-OH is 2. The number of aliphatic hydroxyl groups is 2. The summed E-state index contributed by atoms with van der Waals surface area (Å²) >= 11 is 0. The van der Waals surface area contributed by atoms with Gasteiger partial charge in [-0.15, -0.1) is 0 Å². The molecule has 3 atom stereocenters. The van der Waals surface area contributed by atoms with Crippen LogP contribution in [-0.2, 0) is 4.74 Å². The van der Waals surface area contributed by atoms with Crippen molar-refractivity contribution in [3.63, 3.8) is 0 Å². The highest BCUT2D eigenvalue weighted by Gasteiger charge is 2.45. The van der Waals surface area contributed by atoms with Crippen molar-refractivity contribution in [2.75, 3.05) is 12.3 Å². The Balaban J connectivity index is 2.01. The normalized spacial score (nSPS) is 31.1. The average Bonchev–Trinajstić information content (AvgIpc) is 2.94. The molecule has 0 aromatic carbocycles. The Bertz CT molecular complexity index is 615. The molecule has 3 rings (SSSR count). The fraction of sp³-hybridized carbons (Fsp3) is 0.545. The minimum atomic E-state index is -0.972. The number of hydrogen-bond acceptors (Lipinski definition) is 7. The maximum absolute atomic E-state index is 9.97. The Labute approximate surface area is 108 Å². The van der Waals surface area contributed by atoms with Crippen molar-refractivity contribution in [3.8, 4) is 0 Å². The lowest BCUT2D eigenvalue weighted by atomic mass is 10.0. The Morgan fingerprint density at radius 3 is 3.00 bits per heavy atom. The molecule has 1 unspecified atom stereocenters. The molecule has 19 heavy (non-hydrogen) atoms. The smallest absolute Gasteiger partial charge is 0.167 e. The van der Waals surface area contributed by atoms with Crippen LogP contribution >= 0.6 is 0 Å². The molecular formula is C11H15N5O3. The zero-order chi connectivity index (χ0) is 13.6. The summed E-state index contributed by atoms with van der Waals surface area (Å²) in [4.78, 5) is 12.1. The van der Waals surface area contributed by atoms with E-state index < -0.39 is 17.9 Å². The number of ether oxygens (including phenoxy) is 1. The first-order valence-corrected chi connectivity index (χ1v) is 5.95. The Morgan fingerprint density at radius 1 is 1.53 bits per heavy atom. The summed E-state index contributed by atoms with van der Waals surface area (Å²) in [5.74, 6) is 0.298. The molecule has 0 amide bonds. The van der Waals surface area contributed by atoms with Crippen LogP contribution in [0.15, 0.2) is 12.7 Å². The molecule has 0 aliphatic carbocycles. The Kier molecular flexibility index (Phi) is 2.66. The van der Waals surface area contributed by atoms with E-state index in [0.29, 0.717) is 23.4 Å². The van der Waals surface area contributed by atoms with Gasteiger partial charge in [0.25, 0.3) is 0 Å². The summed E-state index contributed by atoms with van der Waals surface area (Å²) in [6.07, 6.45) is 2.07. The van der Waals surface area contributed by atoms with Gasteiger partial charge in [0.15, 0.2) is 11.5 Å². The minimum Gasteiger partial charge on any atom is -0.393 e. The monoisotopic (exact) mass is 265 g/mol. The molecule has 2 aromatic rings. The summed E-state index contributed by atoms with van der Waals surface area (Å²) in [7, 11) is 0. The highest BCUT2D eigenvalue weighted by Crippen LogP contribution is 2.37. The largest absolute Gasteiger partial charge is 0.393 e. The van der Waals surface area contributed by atoms with Gasteiger partial charge in [-0.05, 0) is 6.92 Å². The van der Waals surface area contributed by atoms with E-state index in [4.69, 9.17) is 10.5 Å². The van der Waals surface area contributed by atoms with Crippen molar-refractivity contribution in [3.05, 3.63) is 12.7 Å². The van der Waals surface area contributed by atoms with E-state index in [0.717, 1.165) is 0 Å². The van der Waals surface area contributed by atoms with Crippen LogP contribution in [0.2, 0.25) is 0 Å². The lowest BCUT2D eigenvalue weighted by Gasteiger charge is -2.24. The van der Waals surface area contributed by atoms with Crippen LogP contribution in [0.3, 0.4) is 0 Å². The van der Waals surface area contributed by atoms with Crippen LogP contribution < -0.4 is 5.73 Å². The molecule has 1 aliphatic rings. The minimum absolute atomic E-state index is 0.256. The highest BCUT2D eigenvalue weighted by atomic mass is 16.6. The van der Waals surface area contributed by atoms with Crippen molar-refractivity contribution in [2.24, 2.45) is 0 Å². The van der Waals surface area contributed by atoms with Crippen LogP contribution in [0.25, 0.3) is 11.2 Å². The van der Waals surface area contributed by atoms with E-state index in [1.54, 1.807) is 17.8 Å². The number of nitrogens with two attached hydrogens (primary N) is 1. The number of anilines is 1. The van der Waals surface area contributed by atoms with Crippen LogP contribution in [0.5, 0.6) is 0 Å². The van der Waals surface area contributed by atoms with Gasteiger partial charge in [0.1, 0.15) is 23.7 Å². The molecule has 8 nitrogen and oxygen atoms in total. The molecule has 102 valence electrons. The first-order chi connectivity index (χ1) is 9.05. The molecule has 1 saturated heterocycles. The van der Waals surface area contributed by atoms with Crippen LogP contribution in [-0.4, -0.2) is 48.0 Å². The summed E-state index contributed by atoms with van der Waals surface area (Å²) in [6, 6.07) is 0. The topological polar surface area (TPSA) is 119 Å². The molecule has 3 heterocycles. The second-order valence-electron chi connectivity index (χ2n) is 4.88. The second-order valence-corrected chi connectivity index (χ2v) is 4.88. The van der Waals surface area contributed by atoms with Gasteiger partial charge in [-0.3, -0.25) is 4.57 Å². The Hall–Kier alpha value is -1.77. The number of aromatic nitrogens is 4. The second kappa shape index (κ2) is 4.12. The third-order valence-corrected chi connectivity index (χ3v) is 3.55. The first kappa shape index (κ1) is 12.3. The predicted molar refractivity (Wildman–Crippen MR) is 66.0 cm³/mol. The number of rotatable bonds is 2. The maximum atomic E-state index is 9.97. The van der Waals surface area contributed by atoms with Crippen molar-refractivity contribution in [1.29, 1.82) is 0 Å². The molecule has 0 spiro atoms. The molecule has 1 aliphatic heterocycles. The molecular weight excluding hydrogens is 250 g/mol. The highest BCUT2D eigenvalue weighted by molar-refractivity contribution is 5.81. The third-order valence-electron chi connectivity index (χ3n) is 3.55. The number of nitrogen functional groups attached to an aromatic ring is 1. The van der Waals surface area contributed by atoms with E-state index in [1.807, 2.05) is 0 Å². The number of imidazole rings is 1. The average molecular weight is 265 g/mol. The van der Waals surface area contributed by atoms with Gasteiger partial charge >= 0.3 is 0 Å². The summed E-state index contributed by atoms with van der Waals surface area (Å²) in [5.41, 5.74) is 5.79. The summed E-state index contributed by atoms with van der Waals surface area (Å²) < 4.78 is 7.42. The van der Waals surface area contributed by atoms with Gasteiger partial charge in [-0.2, -0.15) is 0 Å². The standard InChI is InChI=1S/C11H15N5O3/c1-11(3-17)6(18)2-7(19-11)16-5-15-8-9(12)13-4-14-10(8)16/h4-7,17-18H,2-3H2,1H3,(H2,12,13,14)/t6?,7-,11-/m1/s1. The lowest BCUT2D eigenvalue weighted by Crippen LogP contribution is -2.39. The van der Waals surface area contributed by atoms with Crippen LogP contribution in [0.4, 0.5) is 5.82 Å². The van der Waals surface area contributed by atoms with Gasteiger partial charge in [0.2, 0.25) is 0 Å². The molecule has 0 saturated carbocycles. The van der Waals surface area contributed by atoms with Crippen molar-refractivity contribution in [2.45, 2.75) is 31.3 Å². The fourth-order valence-electron chi connectivity index (χ4n) is 2.27. The summed E-state index contributed by atoms with van der Waals surface area (Å²) in [6.45, 7) is 1.41. The fourth-order valence-corrected chi connectivity index (χ4v) is 2.27. The molecule has 0 radical (unpaired) electrons. The van der Waals surface area contributed by atoms with Gasteiger partial charge in [-0.1, -0.05) is 0 Å². The van der Waals surface area contributed by atoms with E-state index >= 15 is 0 Å². The molecule has 1 fully saturated rings. The molecule has 0 bridgehead atoms. The van der Waals surface area contributed by atoms with E-state index in [2.05, 4.69) is 15.0 Å². The van der Waals surface area contributed by atoms with Gasteiger partial charge in [0.05, 0.1) is 19.0 Å². The predicted octanol–water partition coefficient (Wildman–Crippen LogP) is -0.561. The molecule has 8 heteroatoms. The van der Waals surface area contributed by atoms with Gasteiger partial charge in [-0.25, -0.2) is 15.0 Å². The van der Waals surface area contributed by atoms with Crippen molar-refractivity contribution < 1.29 is 14.9 Å². The number of hydrogen-bond donors (Lipinski definition) is 3. The number of fused-ring (bicyclic) bond motifs is 1. The van der Waals surface area contributed by atoms with Gasteiger partial charge < -0.3 is 20.7 Å². The summed E-state index contributed by atoms with van der Waals surface area (Å²) in [5, 5.41) is 19.3. The lowest BCUT2D eigenvalue weighted by molar-refractivity contribution is -0.115. The van der Waals surface area contributed by atoms with E-state index in [1.165, 1.54) is 6.33 Å². The molecule has 2 aromatic heterocycles. The zero-order valence-electron chi connectivity index (χ0n) is 10.4. The third kappa shape index (κ3) is 1.76. The Morgan fingerprint density at radius 2 is 2.32 bits per heavy atom.